The molecule has 0 saturated carbocycles. The second-order valence-electron chi connectivity index (χ2n) is 4.87. The summed E-state index contributed by atoms with van der Waals surface area (Å²) in [6.07, 6.45) is 5.29. The van der Waals surface area contributed by atoms with Crippen molar-refractivity contribution in [1.82, 2.24) is 9.78 Å². The summed E-state index contributed by atoms with van der Waals surface area (Å²) >= 11 is 0.580. The van der Waals surface area contributed by atoms with E-state index in [9.17, 15) is 0 Å². The second kappa shape index (κ2) is 7.26. The predicted molar refractivity (Wildman–Crippen MR) is 88.9 cm³/mol. The van der Waals surface area contributed by atoms with E-state index < -0.39 is 0 Å². The fraction of sp³-hybridized carbons (Fsp3) is 0.167. The summed E-state index contributed by atoms with van der Waals surface area (Å²) in [5, 5.41) is 5.72. The first-order valence-electron chi connectivity index (χ1n) is 7.17. The van der Waals surface area contributed by atoms with Crippen LogP contribution in [-0.4, -0.2) is 24.7 Å². The summed E-state index contributed by atoms with van der Waals surface area (Å²) in [6.45, 7) is 1.00. The zero-order valence-corrected chi connectivity index (χ0v) is 13.6. The van der Waals surface area contributed by atoms with Crippen molar-refractivity contribution in [3.63, 3.8) is 0 Å². The minimum absolute atomic E-state index is 0.580. The van der Waals surface area contributed by atoms with Crippen LogP contribution < -0.4 is 4.46 Å². The topological polar surface area (TPSA) is 17.8 Å². The van der Waals surface area contributed by atoms with E-state index in [1.54, 1.807) is 0 Å². The van der Waals surface area contributed by atoms with Gasteiger partial charge in [0.15, 0.2) is 0 Å². The molecule has 106 valence electrons. The maximum atomic E-state index is 4.46. The van der Waals surface area contributed by atoms with Crippen LogP contribution in [0.2, 0.25) is 5.32 Å². The molecule has 0 fully saturated rings. The molecule has 0 N–H and O–H groups in total. The molecule has 0 saturated heterocycles. The summed E-state index contributed by atoms with van der Waals surface area (Å²) in [7, 11) is 0. The molecule has 21 heavy (non-hydrogen) atoms. The Labute approximate surface area is 132 Å². The molecule has 0 aliphatic rings. The zero-order chi connectivity index (χ0) is 14.3. The van der Waals surface area contributed by atoms with E-state index in [2.05, 4.69) is 70.6 Å². The van der Waals surface area contributed by atoms with Crippen molar-refractivity contribution in [2.45, 2.75) is 18.3 Å². The molecule has 0 unspecified atom stereocenters. The number of rotatable bonds is 6. The van der Waals surface area contributed by atoms with Gasteiger partial charge in [-0.2, -0.15) is 0 Å². The van der Waals surface area contributed by atoms with Crippen molar-refractivity contribution in [1.29, 1.82) is 0 Å². The number of aromatic nitrogens is 2. The van der Waals surface area contributed by atoms with Crippen LogP contribution in [0.15, 0.2) is 73.1 Å². The average Bonchev–Trinajstić information content (AvgIpc) is 3.02. The Morgan fingerprint density at radius 3 is 2.33 bits per heavy atom. The van der Waals surface area contributed by atoms with Gasteiger partial charge < -0.3 is 0 Å². The van der Waals surface area contributed by atoms with Gasteiger partial charge in [-0.05, 0) is 0 Å². The molecule has 2 aromatic carbocycles. The monoisotopic (exact) mass is 342 g/mol. The summed E-state index contributed by atoms with van der Waals surface area (Å²) < 4.78 is 3.54. The van der Waals surface area contributed by atoms with Gasteiger partial charge in [-0.1, -0.05) is 0 Å². The van der Waals surface area contributed by atoms with Crippen LogP contribution in [0, 0.1) is 0 Å². The van der Waals surface area contributed by atoms with E-state index in [4.69, 9.17) is 0 Å². The summed E-state index contributed by atoms with van der Waals surface area (Å²) in [5.41, 5.74) is 2.43. The summed E-state index contributed by atoms with van der Waals surface area (Å²) in [6, 6.07) is 21.2. The summed E-state index contributed by atoms with van der Waals surface area (Å²) in [4.78, 5) is 0. The first kappa shape index (κ1) is 14.1. The van der Waals surface area contributed by atoms with E-state index in [-0.39, 0.29) is 0 Å². The Morgan fingerprint density at radius 2 is 1.57 bits per heavy atom. The van der Waals surface area contributed by atoms with Gasteiger partial charge in [0, 0.05) is 0 Å². The van der Waals surface area contributed by atoms with Gasteiger partial charge in [0.2, 0.25) is 0 Å². The van der Waals surface area contributed by atoms with Gasteiger partial charge in [-0.3, -0.25) is 0 Å². The Morgan fingerprint density at radius 1 is 0.857 bits per heavy atom. The third-order valence-corrected chi connectivity index (χ3v) is 5.59. The van der Waals surface area contributed by atoms with Crippen molar-refractivity contribution in [3.8, 4) is 11.1 Å². The van der Waals surface area contributed by atoms with Gasteiger partial charge in [-0.25, -0.2) is 0 Å². The second-order valence-corrected chi connectivity index (χ2v) is 7.32. The molecule has 0 aliphatic carbocycles. The van der Waals surface area contributed by atoms with Crippen LogP contribution in [0.5, 0.6) is 0 Å². The van der Waals surface area contributed by atoms with Gasteiger partial charge in [-0.15, -0.1) is 0 Å². The van der Waals surface area contributed by atoms with E-state index in [0.717, 1.165) is 6.54 Å². The number of hydrogen-bond acceptors (Lipinski definition) is 1. The molecule has 0 atom stereocenters. The molecule has 2 nitrogen and oxygen atoms in total. The fourth-order valence-corrected chi connectivity index (χ4v) is 4.00. The molecule has 1 aromatic heterocycles. The Kier molecular flexibility index (Phi) is 4.88. The first-order valence-corrected chi connectivity index (χ1v) is 9.24. The summed E-state index contributed by atoms with van der Waals surface area (Å²) in [5.74, 6) is 0. The fourth-order valence-electron chi connectivity index (χ4n) is 2.20. The van der Waals surface area contributed by atoms with Crippen LogP contribution in [0.25, 0.3) is 11.1 Å². The molecule has 3 rings (SSSR count). The number of hydrogen-bond donors (Lipinski definition) is 0. The average molecular weight is 341 g/mol. The van der Waals surface area contributed by atoms with Crippen molar-refractivity contribution >= 4 is 19.4 Å². The van der Waals surface area contributed by atoms with Gasteiger partial charge in [0.25, 0.3) is 0 Å². The molecule has 0 spiro atoms. The van der Waals surface area contributed by atoms with Gasteiger partial charge >= 0.3 is 132 Å². The SMILES string of the molecule is c1ccc([Se]CCCn2cc(-c3ccccc3)cn2)cc1. The number of benzene rings is 2. The standard InChI is InChI=1S/C18H18N2Se/c1-3-8-16(9-4-1)17-14-19-20(15-17)12-7-13-21-18-10-5-2-6-11-18/h1-6,8-11,14-15H,7,12-13H2. The normalized spacial score (nSPS) is 10.7. The predicted octanol–water partition coefficient (Wildman–Crippen LogP) is 3.39. The molecular weight excluding hydrogens is 323 g/mol. The van der Waals surface area contributed by atoms with E-state index in [1.807, 2.05) is 12.3 Å². The van der Waals surface area contributed by atoms with E-state index in [0.29, 0.717) is 15.0 Å². The Hall–Kier alpha value is -1.83. The molecule has 3 aromatic rings. The molecule has 1 heterocycles. The van der Waals surface area contributed by atoms with Crippen LogP contribution in [0.3, 0.4) is 0 Å². The van der Waals surface area contributed by atoms with Crippen molar-refractivity contribution in [2.75, 3.05) is 0 Å². The zero-order valence-electron chi connectivity index (χ0n) is 11.9. The third kappa shape index (κ3) is 4.07. The van der Waals surface area contributed by atoms with E-state index >= 15 is 0 Å². The quantitative estimate of drug-likeness (QED) is 0.496. The molecule has 0 bridgehead atoms. The van der Waals surface area contributed by atoms with Crippen LogP contribution in [-0.2, 0) is 6.54 Å². The molecule has 0 amide bonds. The van der Waals surface area contributed by atoms with Crippen molar-refractivity contribution in [3.05, 3.63) is 73.1 Å². The van der Waals surface area contributed by atoms with Crippen LogP contribution >= 0.6 is 0 Å². The maximum absolute atomic E-state index is 4.46. The number of nitrogens with zero attached hydrogens (tertiary/aromatic N) is 2. The molecule has 0 aliphatic heterocycles. The van der Waals surface area contributed by atoms with Crippen LogP contribution in [0.4, 0.5) is 0 Å². The molecule has 3 heteroatoms. The van der Waals surface area contributed by atoms with E-state index in [1.165, 1.54) is 27.3 Å². The van der Waals surface area contributed by atoms with Crippen LogP contribution in [0.1, 0.15) is 6.42 Å². The number of aryl methyl sites for hydroxylation is 1. The van der Waals surface area contributed by atoms with Crippen molar-refractivity contribution in [2.24, 2.45) is 0 Å². The van der Waals surface area contributed by atoms with Gasteiger partial charge in [0.05, 0.1) is 0 Å². The minimum atomic E-state index is 0.580. The third-order valence-electron chi connectivity index (χ3n) is 3.28. The van der Waals surface area contributed by atoms with Gasteiger partial charge in [0.1, 0.15) is 0 Å². The Balaban J connectivity index is 1.49. The first-order chi connectivity index (χ1) is 10.4. The molecule has 0 radical (unpaired) electrons. The van der Waals surface area contributed by atoms with Crippen molar-refractivity contribution < 1.29 is 0 Å². The molecular formula is C18H18N2Se. The Bertz CT molecular complexity index is 662.